The Labute approximate surface area is 141 Å². The summed E-state index contributed by atoms with van der Waals surface area (Å²) in [5.41, 5.74) is 3.08. The van der Waals surface area contributed by atoms with E-state index in [1.54, 1.807) is 19.3 Å². The Bertz CT molecular complexity index is 573. The minimum Gasteiger partial charge on any atom is -0.490 e. The van der Waals surface area contributed by atoms with Gasteiger partial charge >= 0.3 is 0 Å². The zero-order valence-electron chi connectivity index (χ0n) is 13.8. The van der Waals surface area contributed by atoms with E-state index in [1.165, 1.54) is 6.21 Å². The maximum Gasteiger partial charge on any atom is 0.249 e. The van der Waals surface area contributed by atoms with E-state index < -0.39 is 5.91 Å². The van der Waals surface area contributed by atoms with E-state index in [0.29, 0.717) is 31.9 Å². The Kier molecular flexibility index (Phi) is 9.56. The van der Waals surface area contributed by atoms with Crippen LogP contribution in [0.1, 0.15) is 18.4 Å². The van der Waals surface area contributed by atoms with Crippen LogP contribution in [0.4, 0.5) is 0 Å². The van der Waals surface area contributed by atoms with E-state index in [9.17, 15) is 9.59 Å². The van der Waals surface area contributed by atoms with Gasteiger partial charge in [-0.25, -0.2) is 5.43 Å². The molecule has 24 heavy (non-hydrogen) atoms. The molecule has 1 aromatic rings. The van der Waals surface area contributed by atoms with Gasteiger partial charge in [-0.05, 0) is 24.1 Å². The van der Waals surface area contributed by atoms with Gasteiger partial charge in [0.15, 0.2) is 0 Å². The molecule has 0 aliphatic carbocycles. The molecule has 0 spiro atoms. The lowest BCUT2D eigenvalue weighted by atomic mass is 10.2. The highest BCUT2D eigenvalue weighted by molar-refractivity contribution is 5.97. The van der Waals surface area contributed by atoms with Crippen LogP contribution in [0.2, 0.25) is 0 Å². The fourth-order valence-corrected chi connectivity index (χ4v) is 1.71. The van der Waals surface area contributed by atoms with E-state index in [0.717, 1.165) is 5.56 Å². The van der Waals surface area contributed by atoms with Crippen LogP contribution >= 0.6 is 0 Å². The lowest BCUT2D eigenvalue weighted by Crippen LogP contribution is -2.30. The van der Waals surface area contributed by atoms with Gasteiger partial charge in [-0.2, -0.15) is 5.10 Å². The zero-order chi connectivity index (χ0) is 17.6. The van der Waals surface area contributed by atoms with Crippen molar-refractivity contribution in [3.63, 3.8) is 0 Å². The highest BCUT2D eigenvalue weighted by Gasteiger charge is 2.07. The summed E-state index contributed by atoms with van der Waals surface area (Å²) in [5.74, 6) is -0.145. The van der Waals surface area contributed by atoms with Crippen LogP contribution in [-0.4, -0.2) is 44.9 Å². The van der Waals surface area contributed by atoms with Crippen molar-refractivity contribution in [1.29, 1.82) is 0 Å². The summed E-state index contributed by atoms with van der Waals surface area (Å²) in [4.78, 5) is 23.1. The summed E-state index contributed by atoms with van der Waals surface area (Å²) in [7, 11) is 1.59. The molecule has 0 fully saturated rings. The average molecular weight is 333 g/mol. The molecule has 7 heteroatoms. The van der Waals surface area contributed by atoms with Crippen molar-refractivity contribution in [3.05, 3.63) is 42.5 Å². The number of benzene rings is 1. The summed E-state index contributed by atoms with van der Waals surface area (Å²) in [6.07, 6.45) is 3.57. The molecule has 2 amide bonds. The van der Waals surface area contributed by atoms with Gasteiger partial charge in [-0.15, -0.1) is 0 Å². The molecular formula is C17H23N3O4. The van der Waals surface area contributed by atoms with Gasteiger partial charge in [-0.1, -0.05) is 24.8 Å². The number of hydrazone groups is 1. The van der Waals surface area contributed by atoms with Crippen molar-refractivity contribution < 1.29 is 19.1 Å². The van der Waals surface area contributed by atoms with Crippen LogP contribution in [-0.2, 0) is 14.3 Å². The van der Waals surface area contributed by atoms with E-state index >= 15 is 0 Å². The monoisotopic (exact) mass is 333 g/mol. The highest BCUT2D eigenvalue weighted by atomic mass is 16.5. The SMILES string of the molecule is C=CCOc1cccc(/C=N\NC(=O)CC(=O)NCCCOC)c1. The quantitative estimate of drug-likeness (QED) is 0.210. The normalized spacial score (nSPS) is 10.4. The molecule has 0 unspecified atom stereocenters. The van der Waals surface area contributed by atoms with Gasteiger partial charge in [0.05, 0.1) is 6.21 Å². The predicted molar refractivity (Wildman–Crippen MR) is 92.0 cm³/mol. The largest absolute Gasteiger partial charge is 0.490 e. The molecule has 0 saturated heterocycles. The summed E-state index contributed by atoms with van der Waals surface area (Å²) in [6.45, 7) is 5.03. The maximum absolute atomic E-state index is 11.6. The van der Waals surface area contributed by atoms with Gasteiger partial charge < -0.3 is 14.8 Å². The second kappa shape index (κ2) is 11.8. The molecule has 0 aromatic heterocycles. The summed E-state index contributed by atoms with van der Waals surface area (Å²) >= 11 is 0. The molecule has 130 valence electrons. The van der Waals surface area contributed by atoms with Gasteiger partial charge in [0.25, 0.3) is 0 Å². The van der Waals surface area contributed by atoms with Crippen LogP contribution in [0.25, 0.3) is 0 Å². The zero-order valence-corrected chi connectivity index (χ0v) is 13.8. The Morgan fingerprint density at radius 3 is 2.92 bits per heavy atom. The van der Waals surface area contributed by atoms with E-state index in [2.05, 4.69) is 22.4 Å². The third kappa shape index (κ3) is 8.70. The van der Waals surface area contributed by atoms with Crippen LogP contribution in [0.3, 0.4) is 0 Å². The molecule has 1 rings (SSSR count). The molecule has 0 atom stereocenters. The molecule has 0 saturated carbocycles. The number of rotatable bonds is 11. The predicted octanol–water partition coefficient (Wildman–Crippen LogP) is 1.24. The van der Waals surface area contributed by atoms with E-state index in [4.69, 9.17) is 9.47 Å². The molecule has 0 aliphatic heterocycles. The Morgan fingerprint density at radius 2 is 2.17 bits per heavy atom. The average Bonchev–Trinajstić information content (AvgIpc) is 2.57. The number of hydrogen-bond donors (Lipinski definition) is 2. The van der Waals surface area contributed by atoms with Crippen LogP contribution in [0, 0.1) is 0 Å². The Balaban J connectivity index is 2.34. The third-order valence-electron chi connectivity index (χ3n) is 2.80. The van der Waals surface area contributed by atoms with E-state index in [-0.39, 0.29) is 12.3 Å². The van der Waals surface area contributed by atoms with Gasteiger partial charge in [0, 0.05) is 20.3 Å². The third-order valence-corrected chi connectivity index (χ3v) is 2.80. The van der Waals surface area contributed by atoms with Crippen molar-refractivity contribution in [2.24, 2.45) is 5.10 Å². The molecule has 0 radical (unpaired) electrons. The minimum absolute atomic E-state index is 0.271. The standard InChI is InChI=1S/C17H23N3O4/c1-3-9-24-15-7-4-6-14(11-15)13-19-20-17(22)12-16(21)18-8-5-10-23-2/h3-4,6-7,11,13H,1,5,8-10,12H2,2H3,(H,18,21)(H,20,22)/b19-13-. The first-order valence-electron chi connectivity index (χ1n) is 7.57. The number of methoxy groups -OCH3 is 1. The van der Waals surface area contributed by atoms with Gasteiger partial charge in [0.2, 0.25) is 11.8 Å². The number of nitrogens with one attached hydrogen (secondary N) is 2. The molecular weight excluding hydrogens is 310 g/mol. The lowest BCUT2D eigenvalue weighted by Gasteiger charge is -2.04. The first-order valence-corrected chi connectivity index (χ1v) is 7.57. The van der Waals surface area contributed by atoms with Crippen molar-refractivity contribution >= 4 is 18.0 Å². The lowest BCUT2D eigenvalue weighted by molar-refractivity contribution is -0.129. The summed E-state index contributed by atoms with van der Waals surface area (Å²) in [6, 6.07) is 7.23. The van der Waals surface area contributed by atoms with Crippen LogP contribution in [0.15, 0.2) is 42.0 Å². The van der Waals surface area contributed by atoms with Crippen LogP contribution < -0.4 is 15.5 Å². The molecule has 0 heterocycles. The highest BCUT2D eigenvalue weighted by Crippen LogP contribution is 2.11. The fraction of sp³-hybridized carbons (Fsp3) is 0.353. The summed E-state index contributed by atoms with van der Waals surface area (Å²) in [5, 5.41) is 6.45. The number of ether oxygens (including phenoxy) is 2. The van der Waals surface area contributed by atoms with Crippen molar-refractivity contribution in [1.82, 2.24) is 10.7 Å². The smallest absolute Gasteiger partial charge is 0.249 e. The second-order valence-corrected chi connectivity index (χ2v) is 4.84. The number of carbonyl (C=O) groups excluding carboxylic acids is 2. The molecule has 0 bridgehead atoms. The summed E-state index contributed by atoms with van der Waals surface area (Å²) < 4.78 is 10.3. The molecule has 2 N–H and O–H groups in total. The Morgan fingerprint density at radius 1 is 1.33 bits per heavy atom. The molecule has 0 aliphatic rings. The maximum atomic E-state index is 11.6. The van der Waals surface area contributed by atoms with Gasteiger partial charge in [0.1, 0.15) is 18.8 Å². The van der Waals surface area contributed by atoms with Gasteiger partial charge in [-0.3, -0.25) is 9.59 Å². The first-order chi connectivity index (χ1) is 11.7. The molecule has 1 aromatic carbocycles. The number of carbonyl (C=O) groups is 2. The van der Waals surface area contributed by atoms with Crippen molar-refractivity contribution in [2.45, 2.75) is 12.8 Å². The van der Waals surface area contributed by atoms with Crippen molar-refractivity contribution in [3.8, 4) is 5.75 Å². The fourth-order valence-electron chi connectivity index (χ4n) is 1.71. The topological polar surface area (TPSA) is 89.0 Å². The second-order valence-electron chi connectivity index (χ2n) is 4.84. The molecule has 7 nitrogen and oxygen atoms in total. The first kappa shape index (κ1) is 19.4. The minimum atomic E-state index is -0.477. The number of nitrogens with zero attached hydrogens (tertiary/aromatic N) is 1. The van der Waals surface area contributed by atoms with Crippen molar-refractivity contribution in [2.75, 3.05) is 26.9 Å². The Hall–Kier alpha value is -2.67. The van der Waals surface area contributed by atoms with Crippen LogP contribution in [0.5, 0.6) is 5.75 Å². The number of amides is 2. The van der Waals surface area contributed by atoms with E-state index in [1.807, 2.05) is 18.2 Å². The number of hydrogen-bond acceptors (Lipinski definition) is 5.